The molecule has 24 heavy (non-hydrogen) atoms. The van der Waals surface area contributed by atoms with E-state index >= 15 is 0 Å². The molecule has 0 unspecified atom stereocenters. The van der Waals surface area contributed by atoms with Crippen LogP contribution in [0.2, 0.25) is 5.02 Å². The number of nitrogens with zero attached hydrogens (tertiary/aromatic N) is 2. The van der Waals surface area contributed by atoms with Crippen LogP contribution < -0.4 is 5.32 Å². The molecule has 1 aromatic carbocycles. The average Bonchev–Trinajstić information content (AvgIpc) is 2.91. The molecule has 6 nitrogen and oxygen atoms in total. The first kappa shape index (κ1) is 16.3. The molecule has 3 rings (SSSR count). The Balaban J connectivity index is 1.95. The van der Waals surface area contributed by atoms with E-state index in [4.69, 9.17) is 20.8 Å². The zero-order valence-corrected chi connectivity index (χ0v) is 14.1. The highest BCUT2D eigenvalue weighted by molar-refractivity contribution is 6.30. The molecule has 0 amide bonds. The molecule has 3 aromatic rings. The van der Waals surface area contributed by atoms with Gasteiger partial charge in [-0.25, -0.2) is 14.8 Å². The summed E-state index contributed by atoms with van der Waals surface area (Å²) in [4.78, 5) is 20.6. The number of halogens is 1. The lowest BCUT2D eigenvalue weighted by molar-refractivity contribution is 0.0526. The SMILES string of the molecule is CCOC(=O)c1c(C)oc2ncnc(NCc3ccc(Cl)cc3)c12. The third-order valence-electron chi connectivity index (χ3n) is 3.52. The number of anilines is 1. The second-order valence-corrected chi connectivity index (χ2v) is 5.57. The predicted octanol–water partition coefficient (Wildman–Crippen LogP) is 3.97. The average molecular weight is 346 g/mol. The number of hydrogen-bond donors (Lipinski definition) is 1. The zero-order chi connectivity index (χ0) is 17.1. The van der Waals surface area contributed by atoms with Gasteiger partial charge in [0.2, 0.25) is 5.71 Å². The Morgan fingerprint density at radius 2 is 2.04 bits per heavy atom. The maximum atomic E-state index is 12.2. The normalized spacial score (nSPS) is 10.8. The molecule has 2 heterocycles. The maximum Gasteiger partial charge on any atom is 0.342 e. The van der Waals surface area contributed by atoms with E-state index in [1.54, 1.807) is 13.8 Å². The lowest BCUT2D eigenvalue weighted by Crippen LogP contribution is -2.08. The molecule has 0 fully saturated rings. The van der Waals surface area contributed by atoms with Crippen molar-refractivity contribution >= 4 is 34.5 Å². The summed E-state index contributed by atoms with van der Waals surface area (Å²) < 4.78 is 10.7. The summed E-state index contributed by atoms with van der Waals surface area (Å²) in [5.41, 5.74) is 1.74. The van der Waals surface area contributed by atoms with Gasteiger partial charge in [-0.1, -0.05) is 23.7 Å². The Morgan fingerprint density at radius 3 is 2.75 bits per heavy atom. The molecule has 7 heteroatoms. The quantitative estimate of drug-likeness (QED) is 0.705. The summed E-state index contributed by atoms with van der Waals surface area (Å²) >= 11 is 5.89. The van der Waals surface area contributed by atoms with Crippen LogP contribution in [0.5, 0.6) is 0 Å². The predicted molar refractivity (Wildman–Crippen MR) is 91.3 cm³/mol. The van der Waals surface area contributed by atoms with Gasteiger partial charge in [-0.3, -0.25) is 0 Å². The number of nitrogens with one attached hydrogen (secondary N) is 1. The highest BCUT2D eigenvalue weighted by Gasteiger charge is 2.23. The van der Waals surface area contributed by atoms with Crippen molar-refractivity contribution in [1.82, 2.24) is 9.97 Å². The van der Waals surface area contributed by atoms with Crippen LogP contribution in [-0.2, 0) is 11.3 Å². The molecule has 0 saturated carbocycles. The number of carbonyl (C=O) groups is 1. The van der Waals surface area contributed by atoms with Crippen LogP contribution in [0.4, 0.5) is 5.82 Å². The van der Waals surface area contributed by atoms with E-state index in [2.05, 4.69) is 15.3 Å². The number of furan rings is 1. The molecule has 124 valence electrons. The van der Waals surface area contributed by atoms with Crippen molar-refractivity contribution < 1.29 is 13.9 Å². The summed E-state index contributed by atoms with van der Waals surface area (Å²) in [6.07, 6.45) is 1.39. The fraction of sp³-hybridized carbons (Fsp3) is 0.235. The first-order valence-corrected chi connectivity index (χ1v) is 7.87. The Hall–Kier alpha value is -2.60. The fourth-order valence-electron chi connectivity index (χ4n) is 2.42. The minimum Gasteiger partial charge on any atom is -0.462 e. The summed E-state index contributed by atoms with van der Waals surface area (Å²) in [5, 5.41) is 4.42. The van der Waals surface area contributed by atoms with Crippen LogP contribution in [0.1, 0.15) is 28.6 Å². The van der Waals surface area contributed by atoms with Crippen molar-refractivity contribution in [2.45, 2.75) is 20.4 Å². The van der Waals surface area contributed by atoms with Crippen LogP contribution >= 0.6 is 11.6 Å². The highest BCUT2D eigenvalue weighted by atomic mass is 35.5. The lowest BCUT2D eigenvalue weighted by Gasteiger charge is -2.07. The van der Waals surface area contributed by atoms with Gasteiger partial charge in [-0.05, 0) is 31.5 Å². The van der Waals surface area contributed by atoms with Gasteiger partial charge in [-0.2, -0.15) is 0 Å². The van der Waals surface area contributed by atoms with E-state index in [-0.39, 0.29) is 6.61 Å². The second kappa shape index (κ2) is 6.88. The number of hydrogen-bond acceptors (Lipinski definition) is 6. The molecule has 2 aromatic heterocycles. The van der Waals surface area contributed by atoms with E-state index in [1.807, 2.05) is 24.3 Å². The molecule has 0 spiro atoms. The number of carbonyl (C=O) groups excluding carboxylic acids is 1. The second-order valence-electron chi connectivity index (χ2n) is 5.14. The summed E-state index contributed by atoms with van der Waals surface area (Å²) in [6, 6.07) is 7.47. The first-order valence-electron chi connectivity index (χ1n) is 7.49. The van der Waals surface area contributed by atoms with E-state index in [9.17, 15) is 4.79 Å². The zero-order valence-electron chi connectivity index (χ0n) is 13.3. The van der Waals surface area contributed by atoms with Gasteiger partial charge in [0.1, 0.15) is 23.5 Å². The summed E-state index contributed by atoms with van der Waals surface area (Å²) in [7, 11) is 0. The smallest absolute Gasteiger partial charge is 0.342 e. The van der Waals surface area contributed by atoms with Crippen LogP contribution in [0.25, 0.3) is 11.1 Å². The number of fused-ring (bicyclic) bond motifs is 1. The number of aryl methyl sites for hydroxylation is 1. The Labute approximate surface area is 143 Å². The Bertz CT molecular complexity index is 875. The highest BCUT2D eigenvalue weighted by Crippen LogP contribution is 2.30. The number of rotatable bonds is 5. The van der Waals surface area contributed by atoms with Gasteiger partial charge in [0, 0.05) is 11.6 Å². The van der Waals surface area contributed by atoms with Gasteiger partial charge in [0.05, 0.1) is 12.0 Å². The molecule has 0 bridgehead atoms. The van der Waals surface area contributed by atoms with E-state index in [0.29, 0.717) is 39.8 Å². The molecule has 0 saturated heterocycles. The number of esters is 1. The molecule has 0 aliphatic carbocycles. The number of aromatic nitrogens is 2. The van der Waals surface area contributed by atoms with Gasteiger partial charge in [0.15, 0.2) is 0 Å². The van der Waals surface area contributed by atoms with E-state index in [0.717, 1.165) is 5.56 Å². The van der Waals surface area contributed by atoms with Crippen LogP contribution in [0.3, 0.4) is 0 Å². The third kappa shape index (κ3) is 3.19. The summed E-state index contributed by atoms with van der Waals surface area (Å²) in [6.45, 7) is 4.27. The maximum absolute atomic E-state index is 12.2. The molecule has 0 radical (unpaired) electrons. The van der Waals surface area contributed by atoms with Crippen LogP contribution in [-0.4, -0.2) is 22.5 Å². The topological polar surface area (TPSA) is 77.2 Å². The van der Waals surface area contributed by atoms with Crippen molar-refractivity contribution in [1.29, 1.82) is 0 Å². The van der Waals surface area contributed by atoms with Crippen molar-refractivity contribution in [2.24, 2.45) is 0 Å². The minimum absolute atomic E-state index is 0.284. The van der Waals surface area contributed by atoms with Gasteiger partial charge >= 0.3 is 5.97 Å². The molecule has 0 aliphatic heterocycles. The Morgan fingerprint density at radius 1 is 1.29 bits per heavy atom. The number of ether oxygens (including phenoxy) is 1. The number of benzene rings is 1. The molecule has 0 atom stereocenters. The first-order chi connectivity index (χ1) is 11.6. The Kier molecular flexibility index (Phi) is 4.66. The lowest BCUT2D eigenvalue weighted by atomic mass is 10.1. The van der Waals surface area contributed by atoms with Crippen molar-refractivity contribution in [3.8, 4) is 0 Å². The monoisotopic (exact) mass is 345 g/mol. The van der Waals surface area contributed by atoms with E-state index < -0.39 is 5.97 Å². The largest absolute Gasteiger partial charge is 0.462 e. The van der Waals surface area contributed by atoms with Crippen LogP contribution in [0, 0.1) is 6.92 Å². The standard InChI is InChI=1S/C17H16ClN3O3/c1-3-23-17(22)13-10(2)24-16-14(13)15(20-9-21-16)19-8-11-4-6-12(18)7-5-11/h4-7,9H,3,8H2,1-2H3,(H,19,20,21). The van der Waals surface area contributed by atoms with Crippen LogP contribution in [0.15, 0.2) is 35.0 Å². The van der Waals surface area contributed by atoms with Crippen molar-refractivity contribution in [2.75, 3.05) is 11.9 Å². The molecular formula is C17H16ClN3O3. The van der Waals surface area contributed by atoms with Gasteiger partial charge in [0.25, 0.3) is 0 Å². The molecule has 1 N–H and O–H groups in total. The van der Waals surface area contributed by atoms with Crippen molar-refractivity contribution in [3.63, 3.8) is 0 Å². The molecular weight excluding hydrogens is 330 g/mol. The molecule has 0 aliphatic rings. The minimum atomic E-state index is -0.446. The van der Waals surface area contributed by atoms with E-state index in [1.165, 1.54) is 6.33 Å². The third-order valence-corrected chi connectivity index (χ3v) is 3.77. The van der Waals surface area contributed by atoms with Gasteiger partial charge in [-0.15, -0.1) is 0 Å². The summed E-state index contributed by atoms with van der Waals surface area (Å²) in [5.74, 6) is 0.534. The van der Waals surface area contributed by atoms with Gasteiger partial charge < -0.3 is 14.5 Å². The van der Waals surface area contributed by atoms with Crippen molar-refractivity contribution in [3.05, 3.63) is 52.5 Å². The fourth-order valence-corrected chi connectivity index (χ4v) is 2.54.